The lowest BCUT2D eigenvalue weighted by atomic mass is 10.2. The third kappa shape index (κ3) is 5.21. The van der Waals surface area contributed by atoms with Gasteiger partial charge in [0.25, 0.3) is 5.56 Å². The van der Waals surface area contributed by atoms with E-state index in [-0.39, 0.29) is 23.2 Å². The lowest BCUT2D eigenvalue weighted by Crippen LogP contribution is -2.36. The van der Waals surface area contributed by atoms with E-state index >= 15 is 0 Å². The summed E-state index contributed by atoms with van der Waals surface area (Å²) in [7, 11) is 3.87. The summed E-state index contributed by atoms with van der Waals surface area (Å²) in [5.41, 5.74) is 5.15. The van der Waals surface area contributed by atoms with Gasteiger partial charge in [-0.05, 0) is 51.7 Å². The van der Waals surface area contributed by atoms with Gasteiger partial charge in [-0.25, -0.2) is 4.79 Å². The fourth-order valence-corrected chi connectivity index (χ4v) is 4.17. The highest BCUT2D eigenvalue weighted by Crippen LogP contribution is 2.28. The van der Waals surface area contributed by atoms with Gasteiger partial charge >= 0.3 is 5.69 Å². The van der Waals surface area contributed by atoms with Gasteiger partial charge in [0, 0.05) is 17.3 Å². The number of anilines is 1. The summed E-state index contributed by atoms with van der Waals surface area (Å²) in [5.74, 6) is -0.0560. The summed E-state index contributed by atoms with van der Waals surface area (Å²) in [6, 6.07) is 7.14. The Hall–Kier alpha value is -2.89. The van der Waals surface area contributed by atoms with Crippen molar-refractivity contribution in [1.82, 2.24) is 29.2 Å². The normalized spacial score (nSPS) is 12.3. The zero-order valence-electron chi connectivity index (χ0n) is 18.8. The molecule has 3 rings (SSSR count). The minimum atomic E-state index is -0.795. The lowest BCUT2D eigenvalue weighted by molar-refractivity contribution is 0.102. The molecule has 0 amide bonds. The summed E-state index contributed by atoms with van der Waals surface area (Å²) >= 11 is 7.18. The monoisotopic (exact) mass is 491 g/mol. The van der Waals surface area contributed by atoms with Crippen LogP contribution in [0.5, 0.6) is 0 Å². The van der Waals surface area contributed by atoms with E-state index in [9.17, 15) is 14.4 Å². The van der Waals surface area contributed by atoms with Gasteiger partial charge in [-0.3, -0.25) is 28.6 Å². The molecule has 10 nitrogen and oxygen atoms in total. The number of hydrogen-bond donors (Lipinski definition) is 2. The fraction of sp³-hybridized carbons (Fsp3) is 0.381. The first-order valence-corrected chi connectivity index (χ1v) is 11.7. The molecule has 1 aromatic carbocycles. The highest BCUT2D eigenvalue weighted by Gasteiger charge is 2.24. The molecular weight excluding hydrogens is 466 g/mol. The van der Waals surface area contributed by atoms with Gasteiger partial charge in [-0.2, -0.15) is 0 Å². The number of rotatable bonds is 9. The Labute approximate surface area is 199 Å². The summed E-state index contributed by atoms with van der Waals surface area (Å²) in [5, 5.41) is 9.69. The molecule has 1 atom stereocenters. The van der Waals surface area contributed by atoms with Crippen molar-refractivity contribution in [2.75, 3.05) is 25.6 Å². The van der Waals surface area contributed by atoms with E-state index in [0.29, 0.717) is 29.0 Å². The topological polar surface area (TPSA) is 132 Å². The van der Waals surface area contributed by atoms with Gasteiger partial charge in [0.05, 0.1) is 11.8 Å². The van der Waals surface area contributed by atoms with Gasteiger partial charge in [-0.1, -0.05) is 30.3 Å². The number of nitrogen functional groups attached to an aromatic ring is 1. The maximum absolute atomic E-state index is 12.9. The average molecular weight is 492 g/mol. The van der Waals surface area contributed by atoms with Crippen molar-refractivity contribution in [1.29, 1.82) is 0 Å². The van der Waals surface area contributed by atoms with Crippen LogP contribution in [0.15, 0.2) is 39.0 Å². The summed E-state index contributed by atoms with van der Waals surface area (Å²) < 4.78 is 3.05. The molecule has 3 aromatic rings. The van der Waals surface area contributed by atoms with Crippen LogP contribution >= 0.6 is 23.4 Å². The number of ketones is 1. The van der Waals surface area contributed by atoms with Gasteiger partial charge in [0.1, 0.15) is 11.4 Å². The van der Waals surface area contributed by atoms with Crippen molar-refractivity contribution in [3.63, 3.8) is 0 Å². The van der Waals surface area contributed by atoms with Gasteiger partial charge in [-0.15, -0.1) is 10.2 Å². The quantitative estimate of drug-likeness (QED) is 0.344. The number of halogens is 1. The predicted octanol–water partition coefficient (Wildman–Crippen LogP) is 2.36. The van der Waals surface area contributed by atoms with Crippen molar-refractivity contribution >= 4 is 35.0 Å². The molecule has 0 bridgehead atoms. The molecule has 0 saturated heterocycles. The van der Waals surface area contributed by atoms with Crippen molar-refractivity contribution in [2.24, 2.45) is 0 Å². The van der Waals surface area contributed by atoms with Gasteiger partial charge in [0.2, 0.25) is 0 Å². The van der Waals surface area contributed by atoms with Gasteiger partial charge < -0.3 is 5.73 Å². The van der Waals surface area contributed by atoms with E-state index in [4.69, 9.17) is 17.3 Å². The number of carbonyl (C=O) groups excluding carboxylic acids is 1. The molecule has 0 unspecified atom stereocenters. The summed E-state index contributed by atoms with van der Waals surface area (Å²) in [4.78, 5) is 41.5. The van der Waals surface area contributed by atoms with Crippen molar-refractivity contribution in [2.45, 2.75) is 38.0 Å². The molecule has 33 heavy (non-hydrogen) atoms. The van der Waals surface area contributed by atoms with Crippen LogP contribution in [-0.4, -0.2) is 54.8 Å². The van der Waals surface area contributed by atoms with E-state index in [1.54, 1.807) is 12.1 Å². The Bertz CT molecular complexity index is 1260. The van der Waals surface area contributed by atoms with Crippen LogP contribution < -0.4 is 17.0 Å². The third-order valence-corrected chi connectivity index (χ3v) is 6.37. The Balaban J connectivity index is 1.96. The van der Waals surface area contributed by atoms with E-state index in [2.05, 4.69) is 15.2 Å². The molecule has 0 fully saturated rings. The molecule has 12 heteroatoms. The number of hydrogen-bond acceptors (Lipinski definition) is 8. The molecular formula is C21H26ClN7O3S. The maximum Gasteiger partial charge on any atom is 0.329 e. The Kier molecular flexibility index (Phi) is 7.77. The lowest BCUT2D eigenvalue weighted by Gasteiger charge is -2.20. The van der Waals surface area contributed by atoms with Crippen LogP contribution in [-0.2, 0) is 6.54 Å². The van der Waals surface area contributed by atoms with Crippen LogP contribution in [0.4, 0.5) is 5.82 Å². The van der Waals surface area contributed by atoms with Crippen LogP contribution in [0, 0.1) is 0 Å². The maximum atomic E-state index is 12.9. The number of benzene rings is 1. The first-order valence-electron chi connectivity index (χ1n) is 10.3. The largest absolute Gasteiger partial charge is 0.384 e. The number of carbonyl (C=O) groups is 1. The first-order chi connectivity index (χ1) is 15.6. The van der Waals surface area contributed by atoms with Gasteiger partial charge in [0.15, 0.2) is 16.8 Å². The van der Waals surface area contributed by atoms with E-state index in [1.165, 1.54) is 4.57 Å². The number of nitrogens with zero attached hydrogens (tertiary/aromatic N) is 5. The number of H-pyrrole nitrogens is 1. The Morgan fingerprint density at radius 3 is 2.52 bits per heavy atom. The number of nitrogens with two attached hydrogens (primary N) is 1. The Morgan fingerprint density at radius 1 is 1.24 bits per heavy atom. The molecule has 0 aliphatic rings. The van der Waals surface area contributed by atoms with Crippen molar-refractivity contribution in [3.05, 3.63) is 61.5 Å². The number of nitrogens with one attached hydrogen (secondary N) is 1. The van der Waals surface area contributed by atoms with E-state index in [1.807, 2.05) is 49.5 Å². The minimum absolute atomic E-state index is 0.0608. The number of aromatic nitrogens is 5. The summed E-state index contributed by atoms with van der Waals surface area (Å²) in [6.07, 6.45) is 0.621. The second-order valence-electron chi connectivity index (χ2n) is 7.68. The molecule has 3 N–H and O–H groups in total. The number of thioether (sulfide) groups is 1. The molecule has 0 saturated carbocycles. The highest BCUT2D eigenvalue weighted by molar-refractivity contribution is 7.99. The number of aromatic amines is 1. The molecule has 0 aliphatic heterocycles. The van der Waals surface area contributed by atoms with Crippen LogP contribution in [0.2, 0.25) is 5.02 Å². The standard InChI is InChI=1S/C21H26ClN7O3S/c1-5-10-28-17(23)16(19(31)24-20(28)32)15(30)11-33-21-26-25-18(12(2)27(3)4)29(21)14-8-6-13(22)7-9-14/h6-9,12H,5,10-11,23H2,1-4H3,(H,24,31,32)/t12-/m0/s1. The SMILES string of the molecule is CCCn1c(N)c(C(=O)CSc2nnc([C@H](C)N(C)C)n2-c2ccc(Cl)cc2)c(=O)[nH]c1=O. The first kappa shape index (κ1) is 24.7. The molecule has 0 aliphatic carbocycles. The highest BCUT2D eigenvalue weighted by atomic mass is 35.5. The van der Waals surface area contributed by atoms with E-state index in [0.717, 1.165) is 17.4 Å². The smallest absolute Gasteiger partial charge is 0.329 e. The molecule has 2 heterocycles. The van der Waals surface area contributed by atoms with Crippen LogP contribution in [0.1, 0.15) is 42.5 Å². The molecule has 0 spiro atoms. The zero-order chi connectivity index (χ0) is 24.3. The van der Waals surface area contributed by atoms with Crippen molar-refractivity contribution in [3.8, 4) is 5.69 Å². The molecule has 2 aromatic heterocycles. The van der Waals surface area contributed by atoms with Crippen molar-refractivity contribution < 1.29 is 4.79 Å². The van der Waals surface area contributed by atoms with Crippen LogP contribution in [0.3, 0.4) is 0 Å². The minimum Gasteiger partial charge on any atom is -0.384 e. The Morgan fingerprint density at radius 2 is 1.91 bits per heavy atom. The molecule has 176 valence electrons. The van der Waals surface area contributed by atoms with E-state index < -0.39 is 17.0 Å². The summed E-state index contributed by atoms with van der Waals surface area (Å²) in [6.45, 7) is 4.16. The second-order valence-corrected chi connectivity index (χ2v) is 9.05. The predicted molar refractivity (Wildman–Crippen MR) is 130 cm³/mol. The van der Waals surface area contributed by atoms with Crippen LogP contribution in [0.25, 0.3) is 5.69 Å². The average Bonchev–Trinajstić information content (AvgIpc) is 3.18. The third-order valence-electron chi connectivity index (χ3n) is 5.19. The zero-order valence-corrected chi connectivity index (χ0v) is 20.4. The number of Topliss-reactive ketones (excluding diaryl/α,β-unsaturated/α-hetero) is 1. The molecule has 0 radical (unpaired) electrons. The fourth-order valence-electron chi connectivity index (χ4n) is 3.21. The second kappa shape index (κ2) is 10.4.